The topological polar surface area (TPSA) is 3.24 Å². The van der Waals surface area contributed by atoms with Crippen molar-refractivity contribution in [1.82, 2.24) is 4.90 Å². The first-order valence-corrected chi connectivity index (χ1v) is 6.20. The molecule has 0 aromatic carbocycles. The van der Waals surface area contributed by atoms with E-state index in [1.807, 2.05) is 13.8 Å². The summed E-state index contributed by atoms with van der Waals surface area (Å²) in [5.74, 6) is 0.757. The van der Waals surface area contributed by atoms with Crippen LogP contribution in [0.5, 0.6) is 0 Å². The smallest absolute Gasteiger partial charge is 0.00192 e. The number of nitrogens with zero attached hydrogens (tertiary/aromatic N) is 1. The number of rotatable bonds is 4. The fourth-order valence-corrected chi connectivity index (χ4v) is 1.67. The molecule has 0 aromatic heterocycles. The lowest BCUT2D eigenvalue weighted by Crippen LogP contribution is -2.16. The van der Waals surface area contributed by atoms with Crippen molar-refractivity contribution >= 4 is 0 Å². The summed E-state index contributed by atoms with van der Waals surface area (Å²) in [6.07, 6.45) is 10.5. The van der Waals surface area contributed by atoms with E-state index in [0.29, 0.717) is 0 Å². The minimum absolute atomic E-state index is 0.757. The molecule has 1 unspecified atom stereocenters. The maximum atomic E-state index is 2.34. The molecule has 1 aliphatic rings. The minimum atomic E-state index is 0.757. The standard InChI is InChI=1S/C12H21N.C2H6/c1-11(9-10-13(2)3)12-7-5-4-6-8-12;1-2/h4-5,7,11H,6,8-10H2,1-3H3;1-2H3. The molecule has 0 saturated heterocycles. The van der Waals surface area contributed by atoms with Gasteiger partial charge in [0, 0.05) is 0 Å². The summed E-state index contributed by atoms with van der Waals surface area (Å²) in [6, 6.07) is 0. The van der Waals surface area contributed by atoms with Crippen molar-refractivity contribution in [3.63, 3.8) is 0 Å². The first-order valence-electron chi connectivity index (χ1n) is 6.20. The summed E-state index contributed by atoms with van der Waals surface area (Å²) >= 11 is 0. The van der Waals surface area contributed by atoms with Crippen molar-refractivity contribution in [3.8, 4) is 0 Å². The molecule has 1 aliphatic carbocycles. The van der Waals surface area contributed by atoms with Crippen LogP contribution in [0.25, 0.3) is 0 Å². The Morgan fingerprint density at radius 2 is 2.00 bits per heavy atom. The number of hydrogen-bond acceptors (Lipinski definition) is 1. The second kappa shape index (κ2) is 8.72. The second-order valence-corrected chi connectivity index (χ2v) is 4.20. The van der Waals surface area contributed by atoms with Gasteiger partial charge in [0.2, 0.25) is 0 Å². The van der Waals surface area contributed by atoms with E-state index in [1.165, 1.54) is 25.8 Å². The van der Waals surface area contributed by atoms with Gasteiger partial charge >= 0.3 is 0 Å². The zero-order chi connectivity index (χ0) is 11.7. The van der Waals surface area contributed by atoms with Crippen molar-refractivity contribution < 1.29 is 0 Å². The maximum Gasteiger partial charge on any atom is -0.00192 e. The lowest BCUT2D eigenvalue weighted by atomic mass is 9.91. The average molecular weight is 209 g/mol. The van der Waals surface area contributed by atoms with Crippen LogP contribution in [-0.2, 0) is 0 Å². The van der Waals surface area contributed by atoms with Crippen LogP contribution in [0.15, 0.2) is 23.8 Å². The largest absolute Gasteiger partial charge is 0.309 e. The van der Waals surface area contributed by atoms with Gasteiger partial charge in [0.25, 0.3) is 0 Å². The van der Waals surface area contributed by atoms with Crippen molar-refractivity contribution in [2.75, 3.05) is 20.6 Å². The summed E-state index contributed by atoms with van der Waals surface area (Å²) in [7, 11) is 4.28. The molecule has 0 heterocycles. The van der Waals surface area contributed by atoms with E-state index in [9.17, 15) is 0 Å². The quantitative estimate of drug-likeness (QED) is 0.679. The number of hydrogen-bond donors (Lipinski definition) is 0. The van der Waals surface area contributed by atoms with Crippen molar-refractivity contribution in [3.05, 3.63) is 23.8 Å². The van der Waals surface area contributed by atoms with E-state index in [2.05, 4.69) is 44.1 Å². The molecule has 1 rings (SSSR count). The van der Waals surface area contributed by atoms with Gasteiger partial charge < -0.3 is 4.90 Å². The summed E-state index contributed by atoms with van der Waals surface area (Å²) in [6.45, 7) is 7.54. The molecule has 1 nitrogen and oxygen atoms in total. The van der Waals surface area contributed by atoms with Crippen LogP contribution in [0.4, 0.5) is 0 Å². The molecule has 0 fully saturated rings. The van der Waals surface area contributed by atoms with Crippen LogP contribution < -0.4 is 0 Å². The summed E-state index contributed by atoms with van der Waals surface area (Å²) < 4.78 is 0. The van der Waals surface area contributed by atoms with Crippen LogP contribution in [0.2, 0.25) is 0 Å². The van der Waals surface area contributed by atoms with Crippen LogP contribution in [0.3, 0.4) is 0 Å². The fourth-order valence-electron chi connectivity index (χ4n) is 1.67. The zero-order valence-electron chi connectivity index (χ0n) is 11.1. The molecule has 0 aromatic rings. The lowest BCUT2D eigenvalue weighted by molar-refractivity contribution is 0.373. The Morgan fingerprint density at radius 1 is 1.33 bits per heavy atom. The van der Waals surface area contributed by atoms with Gasteiger partial charge in [0.15, 0.2) is 0 Å². The van der Waals surface area contributed by atoms with E-state index in [4.69, 9.17) is 0 Å². The molecule has 0 N–H and O–H groups in total. The molecule has 88 valence electrons. The zero-order valence-corrected chi connectivity index (χ0v) is 11.1. The molecular weight excluding hydrogens is 182 g/mol. The summed E-state index contributed by atoms with van der Waals surface area (Å²) in [5, 5.41) is 0. The van der Waals surface area contributed by atoms with E-state index >= 15 is 0 Å². The third-order valence-corrected chi connectivity index (χ3v) is 2.69. The highest BCUT2D eigenvalue weighted by molar-refractivity contribution is 5.19. The predicted octanol–water partition coefficient (Wildman–Crippen LogP) is 3.88. The Labute approximate surface area is 95.9 Å². The van der Waals surface area contributed by atoms with Gasteiger partial charge in [0.05, 0.1) is 0 Å². The highest BCUT2D eigenvalue weighted by atomic mass is 15.0. The third kappa shape index (κ3) is 6.51. The molecule has 15 heavy (non-hydrogen) atoms. The molecule has 1 heteroatoms. The Kier molecular flexibility index (Phi) is 8.40. The van der Waals surface area contributed by atoms with Gasteiger partial charge in [-0.2, -0.15) is 0 Å². The lowest BCUT2D eigenvalue weighted by Gasteiger charge is -2.19. The minimum Gasteiger partial charge on any atom is -0.309 e. The Bertz CT molecular complexity index is 201. The SMILES string of the molecule is CC.CC(CCN(C)C)C1=CC=CCC1. The van der Waals surface area contributed by atoms with Gasteiger partial charge in [-0.3, -0.25) is 0 Å². The van der Waals surface area contributed by atoms with Crippen molar-refractivity contribution in [1.29, 1.82) is 0 Å². The van der Waals surface area contributed by atoms with Crippen LogP contribution >= 0.6 is 0 Å². The maximum absolute atomic E-state index is 2.34. The fraction of sp³-hybridized carbons (Fsp3) is 0.714. The first kappa shape index (κ1) is 14.4. The van der Waals surface area contributed by atoms with Crippen LogP contribution in [-0.4, -0.2) is 25.5 Å². The molecule has 0 aliphatic heterocycles. The molecule has 0 saturated carbocycles. The van der Waals surface area contributed by atoms with Crippen molar-refractivity contribution in [2.24, 2.45) is 5.92 Å². The van der Waals surface area contributed by atoms with Crippen molar-refractivity contribution in [2.45, 2.75) is 40.0 Å². The average Bonchev–Trinajstić information content (AvgIpc) is 2.30. The monoisotopic (exact) mass is 209 g/mol. The number of allylic oxidation sites excluding steroid dienone is 4. The van der Waals surface area contributed by atoms with E-state index in [1.54, 1.807) is 5.57 Å². The van der Waals surface area contributed by atoms with Gasteiger partial charge in [0.1, 0.15) is 0 Å². The predicted molar refractivity (Wildman–Crippen MR) is 70.1 cm³/mol. The summed E-state index contributed by atoms with van der Waals surface area (Å²) in [5.41, 5.74) is 1.63. The Hall–Kier alpha value is -0.560. The highest BCUT2D eigenvalue weighted by Gasteiger charge is 2.09. The van der Waals surface area contributed by atoms with Gasteiger partial charge in [-0.25, -0.2) is 0 Å². The van der Waals surface area contributed by atoms with Gasteiger partial charge in [-0.15, -0.1) is 0 Å². The first-order chi connectivity index (χ1) is 7.20. The Morgan fingerprint density at radius 3 is 2.47 bits per heavy atom. The van der Waals surface area contributed by atoms with Crippen LogP contribution in [0.1, 0.15) is 40.0 Å². The van der Waals surface area contributed by atoms with Gasteiger partial charge in [-0.05, 0) is 45.8 Å². The molecular formula is C14H27N. The molecule has 1 atom stereocenters. The van der Waals surface area contributed by atoms with E-state index in [-0.39, 0.29) is 0 Å². The molecule has 0 amide bonds. The third-order valence-electron chi connectivity index (χ3n) is 2.69. The molecule has 0 spiro atoms. The molecule has 0 bridgehead atoms. The van der Waals surface area contributed by atoms with Gasteiger partial charge in [-0.1, -0.05) is 44.6 Å². The molecule has 0 radical (unpaired) electrons. The van der Waals surface area contributed by atoms with Crippen LogP contribution in [0, 0.1) is 5.92 Å². The summed E-state index contributed by atoms with van der Waals surface area (Å²) in [4.78, 5) is 2.26. The highest BCUT2D eigenvalue weighted by Crippen LogP contribution is 2.22. The van der Waals surface area contributed by atoms with E-state index in [0.717, 1.165) is 5.92 Å². The Balaban J connectivity index is 0.000000921. The van der Waals surface area contributed by atoms with E-state index < -0.39 is 0 Å². The second-order valence-electron chi connectivity index (χ2n) is 4.20. The normalized spacial score (nSPS) is 16.8.